The highest BCUT2D eigenvalue weighted by atomic mass is 16.5. The largest absolute Gasteiger partial charge is 0.466 e. The number of likely N-dealkylation sites (tertiary alicyclic amines) is 1. The van der Waals surface area contributed by atoms with Crippen LogP contribution in [0.4, 0.5) is 0 Å². The summed E-state index contributed by atoms with van der Waals surface area (Å²) in [6, 6.07) is 1.97. The van der Waals surface area contributed by atoms with Crippen LogP contribution in [-0.2, 0) is 16.2 Å². The highest BCUT2D eigenvalue weighted by Gasteiger charge is 2.30. The number of esters is 1. The number of aryl methyl sites for hydroxylation is 1. The normalized spacial score (nSPS) is 20.8. The Bertz CT molecular complexity index is 690. The highest BCUT2D eigenvalue weighted by molar-refractivity contribution is 5.72. The maximum Gasteiger partial charge on any atom is 0.314 e. The van der Waals surface area contributed by atoms with Gasteiger partial charge in [-0.15, -0.1) is 0 Å². The van der Waals surface area contributed by atoms with Gasteiger partial charge in [-0.05, 0) is 39.2 Å². The van der Waals surface area contributed by atoms with Gasteiger partial charge in [0.25, 0.3) is 5.56 Å². The van der Waals surface area contributed by atoms with Gasteiger partial charge < -0.3 is 9.64 Å². The number of nitrogens with zero attached hydrogens (tertiary/aromatic N) is 3. The lowest BCUT2D eigenvalue weighted by Gasteiger charge is -2.28. The van der Waals surface area contributed by atoms with Gasteiger partial charge in [0.05, 0.1) is 25.4 Å². The van der Waals surface area contributed by atoms with E-state index in [2.05, 4.69) is 5.10 Å². The first-order chi connectivity index (χ1) is 11.0. The molecule has 1 aromatic heterocycles. The third-order valence-corrected chi connectivity index (χ3v) is 4.36. The van der Waals surface area contributed by atoms with E-state index in [1.54, 1.807) is 20.8 Å². The van der Waals surface area contributed by atoms with Gasteiger partial charge in [0.1, 0.15) is 17.6 Å². The number of hydrogen-bond donors (Lipinski definition) is 1. The average molecular weight is 319 g/mol. The van der Waals surface area contributed by atoms with Crippen LogP contribution >= 0.6 is 0 Å². The van der Waals surface area contributed by atoms with Gasteiger partial charge in [-0.1, -0.05) is 0 Å². The minimum absolute atomic E-state index is 0.128. The molecule has 1 unspecified atom stereocenters. The zero-order valence-electron chi connectivity index (χ0n) is 13.9. The lowest BCUT2D eigenvalue weighted by molar-refractivity contribution is -0.930. The Morgan fingerprint density at radius 3 is 2.91 bits per heavy atom. The SMILES string of the molecule is CCOC(=O)[C@H]1CCC[NH+](Cn2nc(C)c(C)c(C#N)c2=O)C1. The van der Waals surface area contributed by atoms with Gasteiger partial charge in [-0.3, -0.25) is 9.59 Å². The summed E-state index contributed by atoms with van der Waals surface area (Å²) < 4.78 is 6.45. The molecule has 0 saturated carbocycles. The van der Waals surface area contributed by atoms with Gasteiger partial charge in [-0.2, -0.15) is 15.0 Å². The molecule has 0 radical (unpaired) electrons. The van der Waals surface area contributed by atoms with Crippen LogP contribution in [0.2, 0.25) is 0 Å². The Hall–Kier alpha value is -2.20. The van der Waals surface area contributed by atoms with Crippen molar-refractivity contribution in [2.75, 3.05) is 19.7 Å². The van der Waals surface area contributed by atoms with Crippen molar-refractivity contribution in [3.63, 3.8) is 0 Å². The number of ether oxygens (including phenoxy) is 1. The molecule has 2 rings (SSSR count). The summed E-state index contributed by atoms with van der Waals surface area (Å²) in [5.41, 5.74) is 1.10. The molecule has 124 valence electrons. The van der Waals surface area contributed by atoms with Crippen LogP contribution in [0, 0.1) is 31.1 Å². The molecular weight excluding hydrogens is 296 g/mol. The number of rotatable bonds is 4. The van der Waals surface area contributed by atoms with E-state index in [0.29, 0.717) is 31.1 Å². The predicted molar refractivity (Wildman–Crippen MR) is 82.7 cm³/mol. The minimum Gasteiger partial charge on any atom is -0.466 e. The van der Waals surface area contributed by atoms with E-state index in [1.807, 2.05) is 6.07 Å². The maximum atomic E-state index is 12.3. The third-order valence-electron chi connectivity index (χ3n) is 4.36. The maximum absolute atomic E-state index is 12.3. The second-order valence-corrected chi connectivity index (χ2v) is 5.96. The third kappa shape index (κ3) is 3.77. The van der Waals surface area contributed by atoms with Crippen molar-refractivity contribution in [1.29, 1.82) is 5.26 Å². The number of nitriles is 1. The summed E-state index contributed by atoms with van der Waals surface area (Å²) in [4.78, 5) is 25.3. The Morgan fingerprint density at radius 2 is 2.26 bits per heavy atom. The number of nitrogens with one attached hydrogen (secondary N) is 1. The first-order valence-electron chi connectivity index (χ1n) is 7.96. The van der Waals surface area contributed by atoms with Crippen LogP contribution in [0.1, 0.15) is 36.6 Å². The van der Waals surface area contributed by atoms with Crippen LogP contribution in [0.5, 0.6) is 0 Å². The van der Waals surface area contributed by atoms with Crippen molar-refractivity contribution in [2.45, 2.75) is 40.3 Å². The second kappa shape index (κ2) is 7.38. The molecule has 1 N–H and O–H groups in total. The fourth-order valence-electron chi connectivity index (χ4n) is 2.98. The Balaban J connectivity index is 2.17. The van der Waals surface area contributed by atoms with Crippen LogP contribution in [-0.4, -0.2) is 35.4 Å². The first kappa shape index (κ1) is 17.2. The average Bonchev–Trinajstić information content (AvgIpc) is 2.54. The van der Waals surface area contributed by atoms with E-state index in [9.17, 15) is 9.59 Å². The van der Waals surface area contributed by atoms with Gasteiger partial charge in [0.15, 0.2) is 6.67 Å². The monoisotopic (exact) mass is 319 g/mol. The van der Waals surface area contributed by atoms with E-state index in [-0.39, 0.29) is 23.0 Å². The molecule has 0 amide bonds. The molecule has 2 heterocycles. The first-order valence-corrected chi connectivity index (χ1v) is 7.96. The predicted octanol–water partition coefficient (Wildman–Crippen LogP) is -0.453. The Morgan fingerprint density at radius 1 is 1.52 bits per heavy atom. The molecule has 0 spiro atoms. The zero-order chi connectivity index (χ0) is 17.0. The van der Waals surface area contributed by atoms with Gasteiger partial charge in [-0.25, -0.2) is 0 Å². The highest BCUT2D eigenvalue weighted by Crippen LogP contribution is 2.09. The van der Waals surface area contributed by atoms with E-state index >= 15 is 0 Å². The number of quaternary nitrogens is 1. The van der Waals surface area contributed by atoms with Crippen molar-refractivity contribution < 1.29 is 14.4 Å². The topological polar surface area (TPSA) is 89.4 Å². The molecule has 0 aromatic carbocycles. The molecule has 1 fully saturated rings. The van der Waals surface area contributed by atoms with Crippen LogP contribution in [0.15, 0.2) is 4.79 Å². The molecule has 0 bridgehead atoms. The molecule has 2 atom stereocenters. The number of carbonyl (C=O) groups is 1. The van der Waals surface area contributed by atoms with Crippen LogP contribution in [0.3, 0.4) is 0 Å². The molecular formula is C16H23N4O3+. The lowest BCUT2D eigenvalue weighted by atomic mass is 9.98. The number of carbonyl (C=O) groups excluding carboxylic acids is 1. The quantitative estimate of drug-likeness (QED) is 0.759. The van der Waals surface area contributed by atoms with E-state index in [4.69, 9.17) is 10.00 Å². The second-order valence-electron chi connectivity index (χ2n) is 5.96. The van der Waals surface area contributed by atoms with Crippen LogP contribution < -0.4 is 10.5 Å². The molecule has 23 heavy (non-hydrogen) atoms. The fourth-order valence-corrected chi connectivity index (χ4v) is 2.98. The van der Waals surface area contributed by atoms with Gasteiger partial charge in [0, 0.05) is 0 Å². The lowest BCUT2D eigenvalue weighted by Crippen LogP contribution is -3.13. The molecule has 1 aromatic rings. The van der Waals surface area contributed by atoms with Crippen molar-refractivity contribution in [3.8, 4) is 6.07 Å². The van der Waals surface area contributed by atoms with E-state index in [0.717, 1.165) is 24.3 Å². The smallest absolute Gasteiger partial charge is 0.314 e. The van der Waals surface area contributed by atoms with E-state index in [1.165, 1.54) is 4.68 Å². The molecule has 1 aliphatic heterocycles. The summed E-state index contributed by atoms with van der Waals surface area (Å²) in [6.07, 6.45) is 1.73. The summed E-state index contributed by atoms with van der Waals surface area (Å²) in [5, 5.41) is 13.5. The molecule has 0 aliphatic carbocycles. The van der Waals surface area contributed by atoms with Crippen molar-refractivity contribution in [1.82, 2.24) is 9.78 Å². The summed E-state index contributed by atoms with van der Waals surface area (Å²) >= 11 is 0. The number of aromatic nitrogens is 2. The molecule has 7 heteroatoms. The Kier molecular flexibility index (Phi) is 5.50. The van der Waals surface area contributed by atoms with Crippen LogP contribution in [0.25, 0.3) is 0 Å². The van der Waals surface area contributed by atoms with Gasteiger partial charge in [0.2, 0.25) is 0 Å². The summed E-state index contributed by atoms with van der Waals surface area (Å²) in [7, 11) is 0. The molecule has 7 nitrogen and oxygen atoms in total. The Labute approximate surface area is 135 Å². The standard InChI is InChI=1S/C16H22N4O3/c1-4-23-16(22)13-6-5-7-19(9-13)10-20-15(21)14(8-17)11(2)12(3)18-20/h13H,4-7,9-10H2,1-3H3/p+1/t13-/m0/s1. The molecule has 1 aliphatic rings. The van der Waals surface area contributed by atoms with Crippen molar-refractivity contribution in [3.05, 3.63) is 27.2 Å². The fraction of sp³-hybridized carbons (Fsp3) is 0.625. The number of hydrogen-bond acceptors (Lipinski definition) is 5. The van der Waals surface area contributed by atoms with Crippen molar-refractivity contribution in [2.24, 2.45) is 5.92 Å². The van der Waals surface area contributed by atoms with Gasteiger partial charge >= 0.3 is 5.97 Å². The molecule has 1 saturated heterocycles. The minimum atomic E-state index is -0.360. The zero-order valence-corrected chi connectivity index (χ0v) is 13.9. The van der Waals surface area contributed by atoms with E-state index < -0.39 is 0 Å². The van der Waals surface area contributed by atoms with Crippen molar-refractivity contribution >= 4 is 5.97 Å². The summed E-state index contributed by atoms with van der Waals surface area (Å²) in [6.45, 7) is 7.57. The number of piperidine rings is 1. The summed E-state index contributed by atoms with van der Waals surface area (Å²) in [5.74, 6) is -0.292.